The third-order valence-electron chi connectivity index (χ3n) is 4.13. The number of carbonyl (C=O) groups excluding carboxylic acids is 3. The molecule has 2 heterocycles. The van der Waals surface area contributed by atoms with Gasteiger partial charge < -0.3 is 10.2 Å². The standard InChI is InChI=1S/C19H20N2O3S/c1-13-4-10-17(25-13)16(22)9-11-18(23)20-14-5-7-15(8-6-14)21-12-2-3-19(21)24/h4-8,10H,2-3,9,11-12H2,1H3,(H,20,23). The van der Waals surface area contributed by atoms with Crippen molar-refractivity contribution in [3.8, 4) is 0 Å². The van der Waals surface area contributed by atoms with Crippen LogP contribution in [-0.2, 0) is 9.59 Å². The molecule has 0 saturated carbocycles. The monoisotopic (exact) mass is 356 g/mol. The van der Waals surface area contributed by atoms with Gasteiger partial charge in [-0.05, 0) is 49.7 Å². The van der Waals surface area contributed by atoms with E-state index in [0.29, 0.717) is 17.0 Å². The lowest BCUT2D eigenvalue weighted by Crippen LogP contribution is -2.23. The van der Waals surface area contributed by atoms with E-state index in [-0.39, 0.29) is 30.4 Å². The molecule has 0 aliphatic carbocycles. The molecule has 0 unspecified atom stereocenters. The molecule has 1 N–H and O–H groups in total. The van der Waals surface area contributed by atoms with E-state index < -0.39 is 0 Å². The summed E-state index contributed by atoms with van der Waals surface area (Å²) in [7, 11) is 0. The Kier molecular flexibility index (Phi) is 5.28. The quantitative estimate of drug-likeness (QED) is 0.801. The van der Waals surface area contributed by atoms with Crippen LogP contribution >= 0.6 is 11.3 Å². The van der Waals surface area contributed by atoms with Crippen LogP contribution in [0.2, 0.25) is 0 Å². The molecule has 0 spiro atoms. The fourth-order valence-electron chi connectivity index (χ4n) is 2.80. The van der Waals surface area contributed by atoms with E-state index in [1.54, 1.807) is 23.1 Å². The number of hydrogen-bond donors (Lipinski definition) is 1. The van der Waals surface area contributed by atoms with Crippen molar-refractivity contribution in [3.63, 3.8) is 0 Å². The fourth-order valence-corrected chi connectivity index (χ4v) is 3.64. The van der Waals surface area contributed by atoms with Crippen LogP contribution in [0.15, 0.2) is 36.4 Å². The lowest BCUT2D eigenvalue weighted by Gasteiger charge is -2.16. The number of benzene rings is 1. The van der Waals surface area contributed by atoms with E-state index in [1.807, 2.05) is 25.1 Å². The lowest BCUT2D eigenvalue weighted by atomic mass is 10.2. The number of hydrogen-bond acceptors (Lipinski definition) is 4. The number of amides is 2. The average Bonchev–Trinajstić information content (AvgIpc) is 3.22. The number of thiophene rings is 1. The number of rotatable bonds is 6. The SMILES string of the molecule is Cc1ccc(C(=O)CCC(=O)Nc2ccc(N3CCCC3=O)cc2)s1. The topological polar surface area (TPSA) is 66.5 Å². The Hall–Kier alpha value is -2.47. The minimum atomic E-state index is -0.188. The first-order chi connectivity index (χ1) is 12.0. The molecular formula is C19H20N2O3S. The summed E-state index contributed by atoms with van der Waals surface area (Å²) >= 11 is 1.45. The molecular weight excluding hydrogens is 336 g/mol. The van der Waals surface area contributed by atoms with Crippen molar-refractivity contribution < 1.29 is 14.4 Å². The van der Waals surface area contributed by atoms with Crippen LogP contribution in [0.1, 0.15) is 40.2 Å². The zero-order valence-electron chi connectivity index (χ0n) is 14.1. The Bertz CT molecular complexity index is 795. The summed E-state index contributed by atoms with van der Waals surface area (Å²) in [6, 6.07) is 10.9. The van der Waals surface area contributed by atoms with Gasteiger partial charge in [0.15, 0.2) is 5.78 Å². The summed E-state index contributed by atoms with van der Waals surface area (Å²) in [6.07, 6.45) is 1.83. The molecule has 1 aromatic carbocycles. The van der Waals surface area contributed by atoms with E-state index in [4.69, 9.17) is 0 Å². The lowest BCUT2D eigenvalue weighted by molar-refractivity contribution is -0.117. The van der Waals surface area contributed by atoms with Gasteiger partial charge in [-0.3, -0.25) is 14.4 Å². The molecule has 0 atom stereocenters. The Balaban J connectivity index is 1.51. The number of nitrogens with zero attached hydrogens (tertiary/aromatic N) is 1. The van der Waals surface area contributed by atoms with Gasteiger partial charge in [-0.15, -0.1) is 11.3 Å². The Morgan fingerprint density at radius 1 is 1.12 bits per heavy atom. The fraction of sp³-hybridized carbons (Fsp3) is 0.316. The molecule has 1 aliphatic rings. The first kappa shape index (κ1) is 17.4. The molecule has 130 valence electrons. The van der Waals surface area contributed by atoms with Gasteiger partial charge in [0.2, 0.25) is 11.8 Å². The molecule has 6 heteroatoms. The zero-order chi connectivity index (χ0) is 17.8. The highest BCUT2D eigenvalue weighted by Crippen LogP contribution is 2.23. The Labute approximate surface area is 150 Å². The number of Topliss-reactive ketones (excluding diaryl/α,β-unsaturated/α-hetero) is 1. The van der Waals surface area contributed by atoms with Gasteiger partial charge in [0.05, 0.1) is 4.88 Å². The Morgan fingerprint density at radius 2 is 1.88 bits per heavy atom. The van der Waals surface area contributed by atoms with Crippen molar-refractivity contribution >= 4 is 40.3 Å². The minimum absolute atomic E-state index is 0.00357. The summed E-state index contributed by atoms with van der Waals surface area (Å²) in [5, 5.41) is 2.79. The number of nitrogens with one attached hydrogen (secondary N) is 1. The predicted molar refractivity (Wildman–Crippen MR) is 99.3 cm³/mol. The summed E-state index contributed by atoms with van der Waals surface area (Å²) in [5.41, 5.74) is 1.52. The summed E-state index contributed by atoms with van der Waals surface area (Å²) < 4.78 is 0. The summed E-state index contributed by atoms with van der Waals surface area (Å²) in [6.45, 7) is 2.70. The van der Waals surface area contributed by atoms with Gasteiger partial charge in [-0.1, -0.05) is 0 Å². The summed E-state index contributed by atoms with van der Waals surface area (Å²) in [5.74, 6) is -0.0538. The highest BCUT2D eigenvalue weighted by atomic mass is 32.1. The van der Waals surface area contributed by atoms with E-state index in [2.05, 4.69) is 5.32 Å². The predicted octanol–water partition coefficient (Wildman–Crippen LogP) is 3.78. The van der Waals surface area contributed by atoms with Crippen molar-refractivity contribution in [2.45, 2.75) is 32.6 Å². The maximum atomic E-state index is 12.0. The molecule has 5 nitrogen and oxygen atoms in total. The molecule has 1 saturated heterocycles. The number of aryl methyl sites for hydroxylation is 1. The molecule has 0 bridgehead atoms. The highest BCUT2D eigenvalue weighted by Gasteiger charge is 2.21. The van der Waals surface area contributed by atoms with Gasteiger partial charge in [-0.2, -0.15) is 0 Å². The second-order valence-corrected chi connectivity index (χ2v) is 7.37. The number of carbonyl (C=O) groups is 3. The Morgan fingerprint density at radius 3 is 2.48 bits per heavy atom. The average molecular weight is 356 g/mol. The van der Waals surface area contributed by atoms with Crippen LogP contribution in [-0.4, -0.2) is 24.1 Å². The highest BCUT2D eigenvalue weighted by molar-refractivity contribution is 7.14. The van der Waals surface area contributed by atoms with Gasteiger partial charge >= 0.3 is 0 Å². The second-order valence-electron chi connectivity index (χ2n) is 6.08. The smallest absolute Gasteiger partial charge is 0.227 e. The maximum absolute atomic E-state index is 12.0. The van der Waals surface area contributed by atoms with Crippen LogP contribution in [0.3, 0.4) is 0 Å². The van der Waals surface area contributed by atoms with Crippen LogP contribution in [0, 0.1) is 6.92 Å². The van der Waals surface area contributed by atoms with E-state index >= 15 is 0 Å². The van der Waals surface area contributed by atoms with Crippen molar-refractivity contribution in [1.82, 2.24) is 0 Å². The molecule has 1 fully saturated rings. The third-order valence-corrected chi connectivity index (χ3v) is 5.17. The number of ketones is 1. The first-order valence-electron chi connectivity index (χ1n) is 8.33. The molecule has 2 amide bonds. The second kappa shape index (κ2) is 7.61. The first-order valence-corrected chi connectivity index (χ1v) is 9.14. The van der Waals surface area contributed by atoms with Crippen molar-refractivity contribution in [3.05, 3.63) is 46.2 Å². The molecule has 0 radical (unpaired) electrons. The molecule has 25 heavy (non-hydrogen) atoms. The number of anilines is 2. The minimum Gasteiger partial charge on any atom is -0.326 e. The van der Waals surface area contributed by atoms with Crippen LogP contribution in [0.4, 0.5) is 11.4 Å². The van der Waals surface area contributed by atoms with E-state index in [1.165, 1.54) is 11.3 Å². The van der Waals surface area contributed by atoms with Gasteiger partial charge in [0, 0.05) is 42.1 Å². The van der Waals surface area contributed by atoms with Crippen molar-refractivity contribution in [2.24, 2.45) is 0 Å². The molecule has 1 aliphatic heterocycles. The van der Waals surface area contributed by atoms with Gasteiger partial charge in [0.1, 0.15) is 0 Å². The molecule has 3 rings (SSSR count). The largest absolute Gasteiger partial charge is 0.326 e. The maximum Gasteiger partial charge on any atom is 0.227 e. The van der Waals surface area contributed by atoms with Crippen LogP contribution < -0.4 is 10.2 Å². The third kappa shape index (κ3) is 4.33. The zero-order valence-corrected chi connectivity index (χ0v) is 14.9. The normalized spacial score (nSPS) is 14.0. The van der Waals surface area contributed by atoms with Gasteiger partial charge in [0.25, 0.3) is 0 Å². The molecule has 1 aromatic heterocycles. The van der Waals surface area contributed by atoms with E-state index in [0.717, 1.165) is 23.5 Å². The van der Waals surface area contributed by atoms with E-state index in [9.17, 15) is 14.4 Å². The van der Waals surface area contributed by atoms with Crippen molar-refractivity contribution in [1.29, 1.82) is 0 Å². The van der Waals surface area contributed by atoms with Crippen LogP contribution in [0.5, 0.6) is 0 Å². The van der Waals surface area contributed by atoms with Gasteiger partial charge in [-0.25, -0.2) is 0 Å². The van der Waals surface area contributed by atoms with Crippen molar-refractivity contribution in [2.75, 3.05) is 16.8 Å². The summed E-state index contributed by atoms with van der Waals surface area (Å²) in [4.78, 5) is 39.3. The van der Waals surface area contributed by atoms with Crippen LogP contribution in [0.25, 0.3) is 0 Å². The molecule has 2 aromatic rings.